The van der Waals surface area contributed by atoms with Gasteiger partial charge in [-0.05, 0) is 0 Å². The standard InChI is InChI=1S/2C13H9.C2H4.2ClH.Zr/c2*1-3-7-12-10(5-1)9-11-6-2-4-8-13(11)12;1-2;;;/h2*1-5,7-8H,9H2;1-2H2;2*1H;/q;;;;;+2/p-2. The zero-order valence-electron chi connectivity index (χ0n) is 17.2. The molecule has 0 unspecified atom stereocenters. The van der Waals surface area contributed by atoms with Crippen molar-refractivity contribution in [2.45, 2.75) is 21.1 Å². The van der Waals surface area contributed by atoms with Gasteiger partial charge >= 0.3 is 177 Å². The summed E-state index contributed by atoms with van der Waals surface area (Å²) in [4.78, 5) is 0. The summed E-state index contributed by atoms with van der Waals surface area (Å²) in [6, 6.07) is 32.5. The first kappa shape index (κ1) is 21.2. The van der Waals surface area contributed by atoms with E-state index in [1.807, 2.05) is 0 Å². The van der Waals surface area contributed by atoms with Crippen molar-refractivity contribution >= 4 is 6.54 Å². The average molecular weight is 521 g/mol. The van der Waals surface area contributed by atoms with Crippen LogP contribution in [-0.4, -0.2) is 0 Å². The fourth-order valence-electron chi connectivity index (χ4n) is 6.02. The van der Waals surface area contributed by atoms with Gasteiger partial charge in [-0.15, -0.1) is 0 Å². The van der Waals surface area contributed by atoms with Gasteiger partial charge in [0.05, 0.1) is 0 Å². The summed E-state index contributed by atoms with van der Waals surface area (Å²) in [6.45, 7) is 0. The van der Waals surface area contributed by atoms with Crippen molar-refractivity contribution in [1.29, 1.82) is 0 Å². The van der Waals surface area contributed by atoms with E-state index in [-0.39, 0.29) is 24.8 Å². The Balaban J connectivity index is 0.00000102. The van der Waals surface area contributed by atoms with Gasteiger partial charge in [0.25, 0.3) is 0 Å². The summed E-state index contributed by atoms with van der Waals surface area (Å²) in [5.74, 6) is 0. The Labute approximate surface area is 200 Å². The van der Waals surface area contributed by atoms with Crippen molar-refractivity contribution in [1.82, 2.24) is 0 Å². The van der Waals surface area contributed by atoms with Crippen LogP contribution >= 0.6 is 0 Å². The molecule has 0 N–H and O–H groups in total. The number of hydrogen-bond acceptors (Lipinski definition) is 0. The van der Waals surface area contributed by atoms with E-state index in [4.69, 9.17) is 0 Å². The zero-order valence-corrected chi connectivity index (χ0v) is 21.1. The molecule has 3 aliphatic rings. The maximum atomic E-state index is 2.51. The average Bonchev–Trinajstić information content (AvgIpc) is 3.34. The van der Waals surface area contributed by atoms with Crippen molar-refractivity contribution in [3.63, 3.8) is 0 Å². The summed E-state index contributed by atoms with van der Waals surface area (Å²) >= 11 is -2.52. The number of halogens is 2. The molecule has 1 aliphatic heterocycles. The molecule has 4 aromatic carbocycles. The van der Waals surface area contributed by atoms with Crippen LogP contribution in [0.25, 0.3) is 22.3 Å². The van der Waals surface area contributed by atoms with Crippen LogP contribution in [0.2, 0.25) is 8.26 Å². The Kier molecular flexibility index (Phi) is 5.29. The molecule has 4 aromatic rings. The Hall–Kier alpha value is -1.66. The molecule has 0 saturated carbocycles. The van der Waals surface area contributed by atoms with Gasteiger partial charge in [-0.3, -0.25) is 0 Å². The predicted octanol–water partition coefficient (Wildman–Crippen LogP) is -0.208. The summed E-state index contributed by atoms with van der Waals surface area (Å²) in [5, 5.41) is 0. The molecule has 0 bridgehead atoms. The fraction of sp³-hybridized carbons (Fsp3) is 0.143. The van der Waals surface area contributed by atoms with Crippen LogP contribution < -0.4 is 31.4 Å². The zero-order chi connectivity index (χ0) is 19.0. The normalized spacial score (nSPS) is 14.6. The van der Waals surface area contributed by atoms with Gasteiger partial charge < -0.3 is 24.8 Å². The molecule has 1 saturated heterocycles. The summed E-state index contributed by atoms with van der Waals surface area (Å²) in [6.07, 6.45) is 2.27. The van der Waals surface area contributed by atoms with Crippen LogP contribution in [0.5, 0.6) is 0 Å². The second-order valence-corrected chi connectivity index (χ2v) is 19.3. The van der Waals surface area contributed by atoms with E-state index in [1.54, 1.807) is 17.7 Å². The molecule has 0 spiro atoms. The number of benzene rings is 4. The van der Waals surface area contributed by atoms with E-state index in [2.05, 4.69) is 84.9 Å². The van der Waals surface area contributed by atoms with Crippen molar-refractivity contribution in [3.8, 4) is 22.3 Å². The van der Waals surface area contributed by atoms with Crippen LogP contribution in [0.3, 0.4) is 0 Å². The van der Waals surface area contributed by atoms with Crippen LogP contribution in [0, 0.1) is 0 Å². The van der Waals surface area contributed by atoms with Crippen molar-refractivity contribution in [2.24, 2.45) is 0 Å². The Morgan fingerprint density at radius 1 is 0.452 bits per heavy atom. The van der Waals surface area contributed by atoms with Gasteiger partial charge in [-0.1, -0.05) is 0 Å². The van der Waals surface area contributed by atoms with Crippen LogP contribution in [0.1, 0.15) is 22.3 Å². The number of hydrogen-bond donors (Lipinski definition) is 0. The molecule has 0 atom stereocenters. The van der Waals surface area contributed by atoms with Crippen molar-refractivity contribution in [3.05, 3.63) is 107 Å². The minimum atomic E-state index is -2.52. The first-order valence-electron chi connectivity index (χ1n) is 10.8. The molecule has 1 fully saturated rings. The second-order valence-electron chi connectivity index (χ2n) is 8.91. The van der Waals surface area contributed by atoms with Gasteiger partial charge in [-0.25, -0.2) is 0 Å². The fourth-order valence-corrected chi connectivity index (χ4v) is 19.6. The van der Waals surface area contributed by atoms with Gasteiger partial charge in [0.2, 0.25) is 0 Å². The molecule has 0 nitrogen and oxygen atoms in total. The molecule has 0 amide bonds. The summed E-state index contributed by atoms with van der Waals surface area (Å²) < 4.78 is 6.54. The SMILES string of the molecule is [Cl-].[Cl-].c1ccc2c(c1)Cc1c-2ccc[c]1[Zr+2]1([c]2cccc3c2Cc2ccccc2-3)[CH2][CH2]1. The summed E-state index contributed by atoms with van der Waals surface area (Å²) in [5.41, 5.74) is 12.3. The topological polar surface area (TPSA) is 0 Å². The molecule has 7 rings (SSSR count). The Morgan fingerprint density at radius 2 is 0.871 bits per heavy atom. The first-order chi connectivity index (χ1) is 14.4. The molecular formula is C28H22Cl2Zr. The van der Waals surface area contributed by atoms with Gasteiger partial charge in [-0.2, -0.15) is 0 Å². The van der Waals surface area contributed by atoms with Gasteiger partial charge in [0.15, 0.2) is 0 Å². The molecule has 31 heavy (non-hydrogen) atoms. The maximum absolute atomic E-state index is 2.52. The van der Waals surface area contributed by atoms with Gasteiger partial charge in [0.1, 0.15) is 0 Å². The van der Waals surface area contributed by atoms with E-state index in [9.17, 15) is 0 Å². The minimum absolute atomic E-state index is 0. The molecule has 3 heteroatoms. The van der Waals surface area contributed by atoms with E-state index in [1.165, 1.54) is 41.6 Å². The second kappa shape index (κ2) is 7.73. The van der Waals surface area contributed by atoms with E-state index >= 15 is 0 Å². The van der Waals surface area contributed by atoms with Crippen molar-refractivity contribution < 1.29 is 45.1 Å². The molecular weight excluding hydrogens is 498 g/mol. The molecule has 1 heterocycles. The third kappa shape index (κ3) is 2.97. The monoisotopic (exact) mass is 518 g/mol. The van der Waals surface area contributed by atoms with E-state index in [0.29, 0.717) is 0 Å². The quantitative estimate of drug-likeness (QED) is 0.297. The Bertz CT molecular complexity index is 1220. The first-order valence-corrected chi connectivity index (χ1v) is 16.7. The third-order valence-corrected chi connectivity index (χ3v) is 18.5. The van der Waals surface area contributed by atoms with Crippen LogP contribution in [-0.2, 0) is 33.1 Å². The van der Waals surface area contributed by atoms with E-state index in [0.717, 1.165) is 12.8 Å². The summed E-state index contributed by atoms with van der Waals surface area (Å²) in [7, 11) is 0. The molecule has 2 aliphatic carbocycles. The van der Waals surface area contributed by atoms with Crippen molar-refractivity contribution in [2.75, 3.05) is 0 Å². The van der Waals surface area contributed by atoms with Crippen LogP contribution in [0.4, 0.5) is 0 Å². The molecule has 0 radical (unpaired) electrons. The van der Waals surface area contributed by atoms with E-state index < -0.39 is 20.3 Å². The Morgan fingerprint density at radius 3 is 1.32 bits per heavy atom. The third-order valence-electron chi connectivity index (χ3n) is 7.48. The number of rotatable bonds is 2. The molecule has 152 valence electrons. The number of fused-ring (bicyclic) bond motifs is 6. The van der Waals surface area contributed by atoms with Crippen LogP contribution in [0.15, 0.2) is 84.9 Å². The predicted molar refractivity (Wildman–Crippen MR) is 118 cm³/mol. The molecule has 0 aromatic heterocycles. The van der Waals surface area contributed by atoms with Gasteiger partial charge in [0, 0.05) is 0 Å².